The zero-order valence-corrected chi connectivity index (χ0v) is 13.7. The molecule has 1 heterocycles. The van der Waals surface area contributed by atoms with Crippen LogP contribution in [0.15, 0.2) is 12.1 Å². The normalized spacial score (nSPS) is 26.2. The molecule has 1 fully saturated rings. The molecule has 0 amide bonds. The van der Waals surface area contributed by atoms with Crippen LogP contribution in [0.2, 0.25) is 5.02 Å². The van der Waals surface area contributed by atoms with E-state index in [1.807, 2.05) is 12.1 Å². The second kappa shape index (κ2) is 6.58. The summed E-state index contributed by atoms with van der Waals surface area (Å²) in [5.74, 6) is 2.58. The van der Waals surface area contributed by atoms with Gasteiger partial charge in [0.25, 0.3) is 0 Å². The lowest BCUT2D eigenvalue weighted by atomic mass is 9.76. The second-order valence-electron chi connectivity index (χ2n) is 6.72. The third kappa shape index (κ3) is 3.37. The second-order valence-corrected chi connectivity index (χ2v) is 7.16. The van der Waals surface area contributed by atoms with Crippen molar-refractivity contribution in [3.63, 3.8) is 0 Å². The van der Waals surface area contributed by atoms with Gasteiger partial charge in [0, 0.05) is 17.5 Å². The van der Waals surface area contributed by atoms with Crippen LogP contribution in [0, 0.1) is 11.8 Å². The van der Waals surface area contributed by atoms with Gasteiger partial charge in [0.15, 0.2) is 0 Å². The lowest BCUT2D eigenvalue weighted by Gasteiger charge is -2.32. The van der Waals surface area contributed by atoms with Gasteiger partial charge in [0.2, 0.25) is 0 Å². The Morgan fingerprint density at radius 1 is 1.38 bits per heavy atom. The number of fused-ring (bicyclic) bond motifs is 1. The maximum atomic E-state index is 6.54. The van der Waals surface area contributed by atoms with Gasteiger partial charge in [-0.05, 0) is 54.4 Å². The van der Waals surface area contributed by atoms with E-state index in [4.69, 9.17) is 22.1 Å². The number of hydrogen-bond acceptors (Lipinski definition) is 2. The van der Waals surface area contributed by atoms with Crippen molar-refractivity contribution < 1.29 is 4.74 Å². The largest absolute Gasteiger partial charge is 0.493 e. The molecule has 1 saturated carbocycles. The molecule has 0 spiro atoms. The Balaban J connectivity index is 1.71. The van der Waals surface area contributed by atoms with Crippen molar-refractivity contribution in [3.05, 3.63) is 28.3 Å². The highest BCUT2D eigenvalue weighted by Gasteiger charge is 2.27. The van der Waals surface area contributed by atoms with Gasteiger partial charge in [-0.25, -0.2) is 0 Å². The number of halogens is 1. The molecule has 2 nitrogen and oxygen atoms in total. The predicted molar refractivity (Wildman–Crippen MR) is 88.1 cm³/mol. The van der Waals surface area contributed by atoms with E-state index in [9.17, 15) is 0 Å². The fourth-order valence-electron chi connectivity index (χ4n) is 4.01. The number of benzene rings is 1. The molecule has 3 unspecified atom stereocenters. The highest BCUT2D eigenvalue weighted by atomic mass is 35.5. The topological polar surface area (TPSA) is 35.2 Å². The van der Waals surface area contributed by atoms with Crippen LogP contribution >= 0.6 is 11.6 Å². The van der Waals surface area contributed by atoms with Crippen molar-refractivity contribution in [2.24, 2.45) is 17.6 Å². The minimum absolute atomic E-state index is 0.228. The van der Waals surface area contributed by atoms with Gasteiger partial charge >= 0.3 is 0 Å². The van der Waals surface area contributed by atoms with Gasteiger partial charge in [-0.1, -0.05) is 37.8 Å². The average molecular weight is 308 g/mol. The van der Waals surface area contributed by atoms with Crippen LogP contribution in [-0.2, 0) is 12.8 Å². The maximum absolute atomic E-state index is 6.54. The first-order chi connectivity index (χ1) is 10.2. The van der Waals surface area contributed by atoms with E-state index < -0.39 is 0 Å². The quantitative estimate of drug-likeness (QED) is 0.897. The molecule has 0 saturated heterocycles. The molecule has 1 aromatic carbocycles. The van der Waals surface area contributed by atoms with E-state index in [1.165, 1.54) is 43.2 Å². The highest BCUT2D eigenvalue weighted by Crippen LogP contribution is 2.37. The maximum Gasteiger partial charge on any atom is 0.125 e. The Labute approximate surface area is 133 Å². The van der Waals surface area contributed by atoms with Gasteiger partial charge in [-0.15, -0.1) is 0 Å². The van der Waals surface area contributed by atoms with Crippen LogP contribution in [0.4, 0.5) is 0 Å². The van der Waals surface area contributed by atoms with Crippen LogP contribution in [0.1, 0.15) is 50.2 Å². The standard InChI is InChI=1S/C18H26ClNO/c1-2-12-4-3-5-13(8-12)17(20)11-15-10-16(19)9-14-6-7-21-18(14)15/h9-10,12-13,17H,2-8,11,20H2,1H3. The number of rotatable bonds is 4. The molecular formula is C18H26ClNO. The molecular weight excluding hydrogens is 282 g/mol. The van der Waals surface area contributed by atoms with Crippen LogP contribution in [0.3, 0.4) is 0 Å². The van der Waals surface area contributed by atoms with Crippen molar-refractivity contribution in [1.29, 1.82) is 0 Å². The van der Waals surface area contributed by atoms with Gasteiger partial charge < -0.3 is 10.5 Å². The summed E-state index contributed by atoms with van der Waals surface area (Å²) in [5, 5.41) is 0.816. The molecule has 3 atom stereocenters. The van der Waals surface area contributed by atoms with Crippen molar-refractivity contribution >= 4 is 11.6 Å². The lowest BCUT2D eigenvalue weighted by Crippen LogP contribution is -2.35. The zero-order chi connectivity index (χ0) is 14.8. The lowest BCUT2D eigenvalue weighted by molar-refractivity contribution is 0.227. The smallest absolute Gasteiger partial charge is 0.125 e. The average Bonchev–Trinajstić information content (AvgIpc) is 2.95. The highest BCUT2D eigenvalue weighted by molar-refractivity contribution is 6.30. The Morgan fingerprint density at radius 3 is 3.05 bits per heavy atom. The van der Waals surface area contributed by atoms with E-state index in [1.54, 1.807) is 0 Å². The molecule has 0 radical (unpaired) electrons. The summed E-state index contributed by atoms with van der Waals surface area (Å²) < 4.78 is 5.80. The summed E-state index contributed by atoms with van der Waals surface area (Å²) in [5.41, 5.74) is 9.00. The fourth-order valence-corrected chi connectivity index (χ4v) is 4.27. The zero-order valence-electron chi connectivity index (χ0n) is 12.9. The van der Waals surface area contributed by atoms with Crippen LogP contribution in [0.5, 0.6) is 5.75 Å². The molecule has 2 aliphatic rings. The van der Waals surface area contributed by atoms with Crippen molar-refractivity contribution in [1.82, 2.24) is 0 Å². The number of hydrogen-bond donors (Lipinski definition) is 1. The first-order valence-corrected chi connectivity index (χ1v) is 8.74. The molecule has 1 aliphatic heterocycles. The summed E-state index contributed by atoms with van der Waals surface area (Å²) in [4.78, 5) is 0. The monoisotopic (exact) mass is 307 g/mol. The Hall–Kier alpha value is -0.730. The summed E-state index contributed by atoms with van der Waals surface area (Å²) in [6.45, 7) is 3.08. The van der Waals surface area contributed by atoms with E-state index in [-0.39, 0.29) is 6.04 Å². The van der Waals surface area contributed by atoms with Crippen LogP contribution in [0.25, 0.3) is 0 Å². The Bertz CT molecular complexity index is 502. The molecule has 3 heteroatoms. The summed E-state index contributed by atoms with van der Waals surface area (Å²) in [7, 11) is 0. The van der Waals surface area contributed by atoms with Gasteiger partial charge in [0.05, 0.1) is 6.61 Å². The summed E-state index contributed by atoms with van der Waals surface area (Å²) >= 11 is 6.25. The fraction of sp³-hybridized carbons (Fsp3) is 0.667. The number of ether oxygens (including phenoxy) is 1. The van der Waals surface area contributed by atoms with Gasteiger partial charge in [-0.2, -0.15) is 0 Å². The third-order valence-corrected chi connectivity index (χ3v) is 5.51. The minimum Gasteiger partial charge on any atom is -0.493 e. The van der Waals surface area contributed by atoms with E-state index >= 15 is 0 Å². The number of nitrogens with two attached hydrogens (primary N) is 1. The van der Waals surface area contributed by atoms with Crippen molar-refractivity contribution in [2.75, 3.05) is 6.61 Å². The van der Waals surface area contributed by atoms with Gasteiger partial charge in [0.1, 0.15) is 5.75 Å². The summed E-state index contributed by atoms with van der Waals surface area (Å²) in [6.07, 6.45) is 8.45. The van der Waals surface area contributed by atoms with E-state index in [0.29, 0.717) is 5.92 Å². The van der Waals surface area contributed by atoms with Crippen LogP contribution in [-0.4, -0.2) is 12.6 Å². The molecule has 2 N–H and O–H groups in total. The SMILES string of the molecule is CCC1CCCC(C(N)Cc2cc(Cl)cc3c2OCC3)C1. The molecule has 3 rings (SSSR count). The first kappa shape index (κ1) is 15.2. The first-order valence-electron chi connectivity index (χ1n) is 8.37. The van der Waals surface area contributed by atoms with Crippen molar-refractivity contribution in [2.45, 2.75) is 57.9 Å². The Morgan fingerprint density at radius 2 is 2.24 bits per heavy atom. The summed E-state index contributed by atoms with van der Waals surface area (Å²) in [6, 6.07) is 4.31. The van der Waals surface area contributed by atoms with Crippen molar-refractivity contribution in [3.8, 4) is 5.75 Å². The molecule has 1 aromatic rings. The molecule has 0 aromatic heterocycles. The predicted octanol–water partition coefficient (Wildman–Crippen LogP) is 4.36. The minimum atomic E-state index is 0.228. The molecule has 116 valence electrons. The molecule has 21 heavy (non-hydrogen) atoms. The van der Waals surface area contributed by atoms with E-state index in [0.717, 1.165) is 36.1 Å². The molecule has 1 aliphatic carbocycles. The van der Waals surface area contributed by atoms with Crippen LogP contribution < -0.4 is 10.5 Å². The third-order valence-electron chi connectivity index (χ3n) is 5.29. The van der Waals surface area contributed by atoms with Gasteiger partial charge in [-0.3, -0.25) is 0 Å². The van der Waals surface area contributed by atoms with E-state index in [2.05, 4.69) is 6.92 Å². The Kier molecular flexibility index (Phi) is 4.75. The molecule has 0 bridgehead atoms.